The van der Waals surface area contributed by atoms with E-state index in [0.717, 1.165) is 73.6 Å². The van der Waals surface area contributed by atoms with Crippen LogP contribution in [0.4, 0.5) is 17.1 Å². The van der Waals surface area contributed by atoms with E-state index < -0.39 is 0 Å². The summed E-state index contributed by atoms with van der Waals surface area (Å²) < 4.78 is 8.01. The van der Waals surface area contributed by atoms with Crippen molar-refractivity contribution in [1.29, 1.82) is 0 Å². The molecule has 42 heavy (non-hydrogen) atoms. The van der Waals surface area contributed by atoms with Gasteiger partial charge >= 0.3 is 0 Å². The number of carbonyl (C=O) groups is 1. The Balaban J connectivity index is 1.31. The summed E-state index contributed by atoms with van der Waals surface area (Å²) in [7, 11) is 6.09. The zero-order valence-electron chi connectivity index (χ0n) is 25.2. The predicted molar refractivity (Wildman–Crippen MR) is 168 cm³/mol. The van der Waals surface area contributed by atoms with Crippen molar-refractivity contribution >= 4 is 28.9 Å². The number of hydrogen-bond acceptors (Lipinski definition) is 8. The van der Waals surface area contributed by atoms with Crippen LogP contribution in [0.2, 0.25) is 0 Å². The van der Waals surface area contributed by atoms with E-state index in [4.69, 9.17) is 9.72 Å². The summed E-state index contributed by atoms with van der Waals surface area (Å²) >= 11 is 0. The number of anilines is 3. The van der Waals surface area contributed by atoms with Gasteiger partial charge in [0.05, 0.1) is 35.4 Å². The number of hydrogen-bond donors (Lipinski definition) is 2. The summed E-state index contributed by atoms with van der Waals surface area (Å²) in [5.41, 5.74) is 5.79. The first-order valence-corrected chi connectivity index (χ1v) is 15.2. The summed E-state index contributed by atoms with van der Waals surface area (Å²) in [6.45, 7) is 5.32. The summed E-state index contributed by atoms with van der Waals surface area (Å²) in [5, 5.41) is 11.5. The number of nitrogens with one attached hydrogen (secondary N) is 2. The van der Waals surface area contributed by atoms with E-state index in [1.54, 1.807) is 23.0 Å². The Bertz CT molecular complexity index is 1480. The average Bonchev–Trinajstić information content (AvgIpc) is 3.66. The minimum Gasteiger partial charge on any atom is -0.477 e. The normalized spacial score (nSPS) is 19.9. The zero-order valence-corrected chi connectivity index (χ0v) is 25.2. The molecule has 4 heterocycles. The lowest BCUT2D eigenvalue weighted by Gasteiger charge is -2.25. The van der Waals surface area contributed by atoms with Crippen LogP contribution in [0.5, 0.6) is 5.88 Å². The van der Waals surface area contributed by atoms with Crippen LogP contribution < -0.4 is 20.3 Å². The monoisotopic (exact) mass is 570 g/mol. The highest BCUT2D eigenvalue weighted by molar-refractivity contribution is 6.19. The molecular weight excluding hydrogens is 528 g/mol. The van der Waals surface area contributed by atoms with E-state index in [9.17, 15) is 4.79 Å². The van der Waals surface area contributed by atoms with E-state index >= 15 is 0 Å². The molecule has 2 aliphatic heterocycles. The number of aromatic nitrogens is 3. The topological polar surface area (TPSA) is 99.9 Å². The van der Waals surface area contributed by atoms with Crippen molar-refractivity contribution in [2.45, 2.75) is 45.4 Å². The molecule has 6 rings (SSSR count). The third-order valence-electron chi connectivity index (χ3n) is 8.38. The maximum atomic E-state index is 13.7. The van der Waals surface area contributed by atoms with E-state index in [-0.39, 0.29) is 5.91 Å². The maximum absolute atomic E-state index is 13.7. The molecule has 2 bridgehead atoms. The Morgan fingerprint density at radius 1 is 1.12 bits per heavy atom. The van der Waals surface area contributed by atoms with Gasteiger partial charge in [-0.1, -0.05) is 0 Å². The van der Waals surface area contributed by atoms with Crippen LogP contribution in [0, 0.1) is 18.8 Å². The number of fused-ring (bicyclic) bond motifs is 7. The van der Waals surface area contributed by atoms with E-state index in [0.29, 0.717) is 41.5 Å². The van der Waals surface area contributed by atoms with Gasteiger partial charge in [0.15, 0.2) is 0 Å². The highest BCUT2D eigenvalue weighted by atomic mass is 16.5. The number of aliphatic imine (C=N–C) groups is 1. The number of pyridine rings is 1. The van der Waals surface area contributed by atoms with Gasteiger partial charge in [-0.3, -0.25) is 9.78 Å². The quantitative estimate of drug-likeness (QED) is 0.376. The van der Waals surface area contributed by atoms with Gasteiger partial charge in [-0.05, 0) is 108 Å². The van der Waals surface area contributed by atoms with Crippen molar-refractivity contribution in [3.63, 3.8) is 0 Å². The average molecular weight is 571 g/mol. The second-order valence-electron chi connectivity index (χ2n) is 12.1. The molecule has 1 fully saturated rings. The molecule has 3 aliphatic rings. The molecule has 222 valence electrons. The van der Waals surface area contributed by atoms with Gasteiger partial charge in [-0.15, -0.1) is 0 Å². The van der Waals surface area contributed by atoms with Gasteiger partial charge in [0, 0.05) is 37.1 Å². The number of nitrogens with zero attached hydrogens (tertiary/aromatic N) is 6. The van der Waals surface area contributed by atoms with Crippen molar-refractivity contribution in [1.82, 2.24) is 19.7 Å². The van der Waals surface area contributed by atoms with Crippen LogP contribution >= 0.6 is 0 Å². The molecule has 0 radical (unpaired) electrons. The number of guanidine groups is 1. The third kappa shape index (κ3) is 6.28. The predicted octanol–water partition coefficient (Wildman–Crippen LogP) is 5.17. The molecule has 1 aliphatic carbocycles. The van der Waals surface area contributed by atoms with Gasteiger partial charge < -0.3 is 25.2 Å². The Kier molecular flexibility index (Phi) is 8.15. The number of aryl methyl sites for hydroxylation is 2. The van der Waals surface area contributed by atoms with Crippen LogP contribution in [0.25, 0.3) is 11.3 Å². The molecule has 10 nitrogen and oxygen atoms in total. The first-order valence-electron chi connectivity index (χ1n) is 15.2. The van der Waals surface area contributed by atoms with Crippen LogP contribution in [0.3, 0.4) is 0 Å². The minimum atomic E-state index is -0.300. The lowest BCUT2D eigenvalue weighted by Crippen LogP contribution is -2.36. The molecule has 0 saturated heterocycles. The first-order chi connectivity index (χ1) is 20.4. The number of benzene rings is 1. The van der Waals surface area contributed by atoms with Crippen LogP contribution in [-0.2, 0) is 7.05 Å². The lowest BCUT2D eigenvalue weighted by atomic mass is 9.97. The molecule has 2 N–H and O–H groups in total. The van der Waals surface area contributed by atoms with E-state index in [1.807, 2.05) is 14.0 Å². The molecule has 1 amide bonds. The van der Waals surface area contributed by atoms with Gasteiger partial charge in [-0.2, -0.15) is 10.1 Å². The number of amides is 1. The van der Waals surface area contributed by atoms with Crippen molar-refractivity contribution in [2.24, 2.45) is 23.9 Å². The molecule has 3 aromatic rings. The molecule has 1 atom stereocenters. The lowest BCUT2D eigenvalue weighted by molar-refractivity contribution is 0.100. The maximum Gasteiger partial charge on any atom is 0.280 e. The van der Waals surface area contributed by atoms with Crippen molar-refractivity contribution in [3.8, 4) is 17.1 Å². The summed E-state index contributed by atoms with van der Waals surface area (Å²) in [5.74, 6) is 2.14. The highest BCUT2D eigenvalue weighted by Crippen LogP contribution is 2.43. The summed E-state index contributed by atoms with van der Waals surface area (Å²) in [4.78, 5) is 27.5. The third-order valence-corrected chi connectivity index (χ3v) is 8.38. The molecule has 0 spiro atoms. The Morgan fingerprint density at radius 2 is 1.98 bits per heavy atom. The van der Waals surface area contributed by atoms with Crippen molar-refractivity contribution in [2.75, 3.05) is 55.9 Å². The SMILES string of the molecule is Cc1cc2cc(n1)-c1cnn(C)c1OCCCC(C1CC1)CN1/C(=N/C2=O)Nc2cc(NCCCCN(C)C)ccc21. The second kappa shape index (κ2) is 12.1. The van der Waals surface area contributed by atoms with Gasteiger partial charge in [-0.25, -0.2) is 4.68 Å². The fourth-order valence-electron chi connectivity index (χ4n) is 6.00. The number of rotatable bonds is 7. The van der Waals surface area contributed by atoms with Gasteiger partial charge in [0.1, 0.15) is 0 Å². The Morgan fingerprint density at radius 3 is 2.79 bits per heavy atom. The minimum absolute atomic E-state index is 0.300. The summed E-state index contributed by atoms with van der Waals surface area (Å²) in [6, 6.07) is 10.0. The molecule has 1 saturated carbocycles. The molecule has 1 aromatic carbocycles. The molecule has 1 unspecified atom stereocenters. The second-order valence-corrected chi connectivity index (χ2v) is 12.1. The van der Waals surface area contributed by atoms with Crippen LogP contribution in [-0.4, -0.2) is 71.9 Å². The van der Waals surface area contributed by atoms with Crippen molar-refractivity contribution in [3.05, 3.63) is 47.8 Å². The smallest absolute Gasteiger partial charge is 0.280 e. The van der Waals surface area contributed by atoms with Crippen LogP contribution in [0.15, 0.2) is 41.5 Å². The molecular formula is C32H42N8O2. The number of carbonyl (C=O) groups excluding carboxylic acids is 1. The standard InChI is InChI=1S/C32H42N8O2/c1-21-16-24-17-27(35-21)26-19-34-39(4)31(26)42-15-7-8-23(22-9-10-22)20-40-29-12-11-25(33-13-5-6-14-38(2)3)18-28(29)36-32(40)37-30(24)41/h11-12,16-19,22-23,33H,5-10,13-15,20H2,1-4H3,(H,36,37,41). The first kappa shape index (κ1) is 28.2. The van der Waals surface area contributed by atoms with Gasteiger partial charge in [0.2, 0.25) is 11.8 Å². The zero-order chi connectivity index (χ0) is 29.2. The number of unbranched alkanes of at least 4 members (excludes halogenated alkanes) is 1. The van der Waals surface area contributed by atoms with Gasteiger partial charge in [0.25, 0.3) is 5.91 Å². The Labute approximate surface area is 248 Å². The fraction of sp³-hybridized carbons (Fsp3) is 0.500. The van der Waals surface area contributed by atoms with Crippen molar-refractivity contribution < 1.29 is 9.53 Å². The largest absolute Gasteiger partial charge is 0.477 e. The highest BCUT2D eigenvalue weighted by Gasteiger charge is 2.36. The van der Waals surface area contributed by atoms with E-state index in [2.05, 4.69) is 62.8 Å². The summed E-state index contributed by atoms with van der Waals surface area (Å²) in [6.07, 6.45) is 8.51. The van der Waals surface area contributed by atoms with E-state index in [1.165, 1.54) is 12.8 Å². The fourth-order valence-corrected chi connectivity index (χ4v) is 6.00. The number of ether oxygens (including phenoxy) is 1. The van der Waals surface area contributed by atoms with Crippen LogP contribution in [0.1, 0.15) is 54.6 Å². The molecule has 10 heteroatoms. The molecule has 2 aromatic heterocycles. The Hall–Kier alpha value is -3.92.